The molecule has 1 saturated heterocycles. The van der Waals surface area contributed by atoms with Crippen molar-refractivity contribution in [1.82, 2.24) is 0 Å². The molecule has 142 valence electrons. The summed E-state index contributed by atoms with van der Waals surface area (Å²) in [5.74, 6) is 1.29. The summed E-state index contributed by atoms with van der Waals surface area (Å²) in [5, 5.41) is 0. The van der Waals surface area contributed by atoms with Crippen molar-refractivity contribution >= 4 is 36.0 Å². The predicted octanol–water partition coefficient (Wildman–Crippen LogP) is 7.93. The quantitative estimate of drug-likeness (QED) is 0.411. The number of hydrogen-bond acceptors (Lipinski definition) is 0. The van der Waals surface area contributed by atoms with Crippen molar-refractivity contribution in [2.45, 2.75) is 47.8 Å². The fraction of sp³-hybridized carbons (Fsp3) is 0.333. The molecule has 1 heterocycles. The molecule has 1 fully saturated rings. The van der Waals surface area contributed by atoms with E-state index in [2.05, 4.69) is 76.2 Å². The molecule has 2 unspecified atom stereocenters. The summed E-state index contributed by atoms with van der Waals surface area (Å²) in [6.45, 7) is 9.78. The van der Waals surface area contributed by atoms with E-state index >= 15 is 0 Å². The molecule has 3 heteroatoms. The molecule has 27 heavy (non-hydrogen) atoms. The summed E-state index contributed by atoms with van der Waals surface area (Å²) in [4.78, 5) is 0. The molecule has 2 aliphatic carbocycles. The van der Waals surface area contributed by atoms with Gasteiger partial charge in [0.2, 0.25) is 0 Å². The summed E-state index contributed by atoms with van der Waals surface area (Å²) in [6.07, 6.45) is 0. The van der Waals surface area contributed by atoms with Gasteiger partial charge in [0.1, 0.15) is 0 Å². The Morgan fingerprint density at radius 3 is 1.37 bits per heavy atom. The number of benzene rings is 2. The standard InChI is InChI=1S/2C11H11.C2H4.2ClH.Zr/c2*1-8-7-9(2)11-6-4-3-5-10(8)11;1-2;;;/h2*3-6,8H,1-2H3;1-2H2;2*1H;. The zero-order chi connectivity index (χ0) is 17.3. The molecular weight excluding hydrogens is 450 g/mol. The third kappa shape index (κ3) is 2.80. The zero-order valence-corrected chi connectivity index (χ0v) is 20.6. The first-order valence-electron chi connectivity index (χ1n) is 9.67. The van der Waals surface area contributed by atoms with E-state index in [1.807, 2.05) is 6.56 Å². The summed E-state index contributed by atoms with van der Waals surface area (Å²) in [5.41, 5.74) is 9.52. The molecule has 0 amide bonds. The van der Waals surface area contributed by atoms with E-state index in [1.165, 1.54) is 19.4 Å². The van der Waals surface area contributed by atoms with Crippen LogP contribution in [0, 0.1) is 0 Å². The number of allylic oxidation sites excluding steroid dienone is 4. The number of hydrogen-bond donors (Lipinski definition) is 0. The zero-order valence-electron chi connectivity index (χ0n) is 16.5. The second kappa shape index (κ2) is 7.33. The van der Waals surface area contributed by atoms with Gasteiger partial charge in [0, 0.05) is 0 Å². The van der Waals surface area contributed by atoms with Gasteiger partial charge < -0.3 is 0 Å². The van der Waals surface area contributed by atoms with Crippen molar-refractivity contribution in [3.63, 3.8) is 0 Å². The van der Waals surface area contributed by atoms with Gasteiger partial charge in [-0.2, -0.15) is 0 Å². The van der Waals surface area contributed by atoms with Crippen LogP contribution in [0.2, 0.25) is 8.26 Å². The molecule has 2 atom stereocenters. The van der Waals surface area contributed by atoms with Crippen LogP contribution in [-0.4, -0.2) is 0 Å². The Kier molecular flexibility index (Phi) is 5.73. The topological polar surface area (TPSA) is 0 Å². The molecule has 1 aliphatic heterocycles. The SMILES string of the molecule is CC1=[C]([Zr]2([C]3=C(C)c4ccccc4C3C)[CH2][CH2]2)C(C)c2ccccc21.Cl.Cl. The first kappa shape index (κ1) is 21.1. The second-order valence-corrected chi connectivity index (χ2v) is 18.7. The van der Waals surface area contributed by atoms with Gasteiger partial charge >= 0.3 is 157 Å². The van der Waals surface area contributed by atoms with E-state index in [9.17, 15) is 0 Å². The minimum absolute atomic E-state index is 0. The van der Waals surface area contributed by atoms with E-state index in [1.54, 1.807) is 22.3 Å². The molecule has 5 rings (SSSR count). The Labute approximate surface area is 180 Å². The molecule has 0 spiro atoms. The number of fused-ring (bicyclic) bond motifs is 2. The van der Waals surface area contributed by atoms with E-state index < -0.39 is 20.3 Å². The van der Waals surface area contributed by atoms with E-state index in [-0.39, 0.29) is 24.8 Å². The van der Waals surface area contributed by atoms with Crippen molar-refractivity contribution in [2.75, 3.05) is 0 Å². The van der Waals surface area contributed by atoms with Crippen LogP contribution in [-0.2, 0) is 20.3 Å². The van der Waals surface area contributed by atoms with Gasteiger partial charge in [-0.1, -0.05) is 0 Å². The van der Waals surface area contributed by atoms with Crippen molar-refractivity contribution in [1.29, 1.82) is 0 Å². The van der Waals surface area contributed by atoms with Crippen LogP contribution < -0.4 is 0 Å². The van der Waals surface area contributed by atoms with Gasteiger partial charge in [-0.15, -0.1) is 24.8 Å². The smallest absolute Gasteiger partial charge is 0.147 e. The Morgan fingerprint density at radius 1 is 0.667 bits per heavy atom. The molecule has 0 saturated carbocycles. The fourth-order valence-electron chi connectivity index (χ4n) is 6.04. The van der Waals surface area contributed by atoms with Gasteiger partial charge in [-0.3, -0.25) is 0 Å². The van der Waals surface area contributed by atoms with Gasteiger partial charge in [0.25, 0.3) is 0 Å². The van der Waals surface area contributed by atoms with Crippen LogP contribution >= 0.6 is 24.8 Å². The summed E-state index contributed by atoms with van der Waals surface area (Å²) in [7, 11) is 0. The van der Waals surface area contributed by atoms with Crippen molar-refractivity contribution in [3.05, 3.63) is 77.3 Å². The van der Waals surface area contributed by atoms with Crippen LogP contribution in [0.4, 0.5) is 0 Å². The molecule has 0 N–H and O–H groups in total. The maximum absolute atomic E-state index is 2.48. The molecule has 0 bridgehead atoms. The molecule has 2 aromatic carbocycles. The third-order valence-corrected chi connectivity index (χ3v) is 19.8. The summed E-state index contributed by atoms with van der Waals surface area (Å²) >= 11 is -2.39. The molecule has 3 aliphatic rings. The Bertz CT molecular complexity index is 890. The Morgan fingerprint density at radius 2 is 1.04 bits per heavy atom. The normalized spacial score (nSPS) is 24.1. The molecule has 2 aromatic rings. The largest absolute Gasteiger partial charge is 0.147 e. The first-order valence-corrected chi connectivity index (χ1v) is 15.6. The maximum atomic E-state index is 2.48. The van der Waals surface area contributed by atoms with Gasteiger partial charge in [-0.25, -0.2) is 0 Å². The van der Waals surface area contributed by atoms with Crippen LogP contribution in [0.25, 0.3) is 11.1 Å². The van der Waals surface area contributed by atoms with E-state index in [0.717, 1.165) is 0 Å². The average molecular weight is 479 g/mol. The molecule has 0 radical (unpaired) electrons. The predicted molar refractivity (Wildman–Crippen MR) is 119 cm³/mol. The van der Waals surface area contributed by atoms with E-state index in [0.29, 0.717) is 11.8 Å². The number of rotatable bonds is 2. The third-order valence-electron chi connectivity index (χ3n) is 7.12. The Balaban J connectivity index is 0.00000105. The fourth-order valence-corrected chi connectivity index (χ4v) is 22.7. The molecule has 0 aromatic heterocycles. The minimum Gasteiger partial charge on any atom is -0.147 e. The van der Waals surface area contributed by atoms with Crippen molar-refractivity contribution < 1.29 is 20.3 Å². The van der Waals surface area contributed by atoms with Crippen LogP contribution in [0.5, 0.6) is 0 Å². The van der Waals surface area contributed by atoms with Crippen LogP contribution in [0.3, 0.4) is 0 Å². The van der Waals surface area contributed by atoms with Gasteiger partial charge in [-0.05, 0) is 0 Å². The molecular formula is C24H28Cl2Zr. The van der Waals surface area contributed by atoms with E-state index in [4.69, 9.17) is 0 Å². The van der Waals surface area contributed by atoms with Crippen molar-refractivity contribution in [2.24, 2.45) is 0 Å². The minimum atomic E-state index is -2.39. The van der Waals surface area contributed by atoms with Gasteiger partial charge in [0.05, 0.1) is 0 Å². The maximum Gasteiger partial charge on any atom is -0.147 e. The second-order valence-electron chi connectivity index (χ2n) is 8.28. The van der Waals surface area contributed by atoms with Crippen LogP contribution in [0.1, 0.15) is 61.8 Å². The molecule has 0 nitrogen and oxygen atoms in total. The van der Waals surface area contributed by atoms with Crippen LogP contribution in [0.15, 0.2) is 55.1 Å². The monoisotopic (exact) mass is 476 g/mol. The van der Waals surface area contributed by atoms with Crippen molar-refractivity contribution in [3.8, 4) is 0 Å². The first-order chi connectivity index (χ1) is 12.1. The Hall–Kier alpha value is -0.617. The number of halogens is 2. The van der Waals surface area contributed by atoms with Gasteiger partial charge in [0.15, 0.2) is 0 Å². The summed E-state index contributed by atoms with van der Waals surface area (Å²) < 4.78 is 6.91. The average Bonchev–Trinajstić information content (AvgIpc) is 3.31. The summed E-state index contributed by atoms with van der Waals surface area (Å²) in [6, 6.07) is 18.3.